The predicted molar refractivity (Wildman–Crippen MR) is 67.4 cm³/mol. The second-order valence-electron chi connectivity index (χ2n) is 3.27. The molecule has 0 bridgehead atoms. The molecule has 0 aliphatic rings. The molecular weight excluding hydrogens is 303 g/mol. The second-order valence-corrected chi connectivity index (χ2v) is 4.52. The normalized spacial score (nSPS) is 11.9. The number of nitrogens with zero attached hydrogens (tertiary/aromatic N) is 4. The highest BCUT2D eigenvalue weighted by Gasteiger charge is 2.10. The van der Waals surface area contributed by atoms with Gasteiger partial charge < -0.3 is 4.90 Å². The third kappa shape index (κ3) is 3.63. The summed E-state index contributed by atoms with van der Waals surface area (Å²) in [6, 6.07) is 2.21. The van der Waals surface area contributed by atoms with Crippen LogP contribution in [0.1, 0.15) is 13.8 Å². The van der Waals surface area contributed by atoms with Crippen LogP contribution in [0, 0.1) is 20.8 Å². The molecule has 0 fully saturated rings. The summed E-state index contributed by atoms with van der Waals surface area (Å²) in [5.41, 5.74) is 0. The Morgan fingerprint density at radius 3 is 2.60 bits per heavy atom. The van der Waals surface area contributed by atoms with Crippen LogP contribution in [-0.4, -0.2) is 23.1 Å². The van der Waals surface area contributed by atoms with Crippen molar-refractivity contribution in [1.82, 2.24) is 9.97 Å². The minimum atomic E-state index is -0.00664. The Bertz CT molecular complexity index is 343. The quantitative estimate of drug-likeness (QED) is 0.798. The Morgan fingerprint density at radius 2 is 2.13 bits per heavy atom. The van der Waals surface area contributed by atoms with E-state index in [1.54, 1.807) is 12.4 Å². The Hall–Kier alpha value is -0.900. The summed E-state index contributed by atoms with van der Waals surface area (Å²) in [6.07, 6.45) is 3.56. The van der Waals surface area contributed by atoms with Crippen LogP contribution < -0.4 is 4.90 Å². The van der Waals surface area contributed by atoms with E-state index in [1.165, 1.54) is 0 Å². The van der Waals surface area contributed by atoms with Gasteiger partial charge in [0.2, 0.25) is 5.95 Å². The third-order valence-electron chi connectivity index (χ3n) is 1.99. The topological polar surface area (TPSA) is 52.8 Å². The monoisotopic (exact) mass is 316 g/mol. The maximum Gasteiger partial charge on any atom is 0.225 e. The van der Waals surface area contributed by atoms with E-state index < -0.39 is 0 Å². The third-order valence-corrected chi connectivity index (χ3v) is 2.54. The highest BCUT2D eigenvalue weighted by molar-refractivity contribution is 14.1. The summed E-state index contributed by atoms with van der Waals surface area (Å²) >= 11 is 2.17. The Balaban J connectivity index is 2.75. The van der Waals surface area contributed by atoms with Gasteiger partial charge in [0.1, 0.15) is 0 Å². The number of anilines is 1. The fourth-order valence-corrected chi connectivity index (χ4v) is 1.47. The molecule has 0 spiro atoms. The van der Waals surface area contributed by atoms with Gasteiger partial charge in [-0.2, -0.15) is 5.26 Å². The van der Waals surface area contributed by atoms with Crippen LogP contribution in [0.25, 0.3) is 0 Å². The maximum atomic E-state index is 8.75. The van der Waals surface area contributed by atoms with Gasteiger partial charge in [0, 0.05) is 29.1 Å². The first-order valence-electron chi connectivity index (χ1n) is 4.79. The molecule has 0 amide bonds. The van der Waals surface area contributed by atoms with Crippen molar-refractivity contribution >= 4 is 28.5 Å². The maximum absolute atomic E-state index is 8.75. The van der Waals surface area contributed by atoms with Crippen LogP contribution in [0.2, 0.25) is 0 Å². The van der Waals surface area contributed by atoms with Gasteiger partial charge in [0.15, 0.2) is 0 Å². The van der Waals surface area contributed by atoms with Gasteiger partial charge in [-0.3, -0.25) is 0 Å². The summed E-state index contributed by atoms with van der Waals surface area (Å²) in [5, 5.41) is 8.75. The lowest BCUT2D eigenvalue weighted by molar-refractivity contribution is 0.671. The highest BCUT2D eigenvalue weighted by atomic mass is 127. The van der Waals surface area contributed by atoms with E-state index in [2.05, 4.69) is 38.6 Å². The number of hydrogen-bond donors (Lipinski definition) is 0. The first-order valence-corrected chi connectivity index (χ1v) is 5.87. The molecule has 15 heavy (non-hydrogen) atoms. The number of hydrogen-bond acceptors (Lipinski definition) is 4. The number of nitriles is 1. The predicted octanol–water partition coefficient (Wildman–Crippen LogP) is 2.07. The van der Waals surface area contributed by atoms with Crippen LogP contribution >= 0.6 is 22.6 Å². The van der Waals surface area contributed by atoms with E-state index in [4.69, 9.17) is 5.26 Å². The van der Waals surface area contributed by atoms with Gasteiger partial charge in [-0.15, -0.1) is 0 Å². The molecule has 0 aromatic carbocycles. The summed E-state index contributed by atoms with van der Waals surface area (Å²) in [4.78, 5) is 10.5. The summed E-state index contributed by atoms with van der Waals surface area (Å²) in [7, 11) is 0. The molecule has 4 nitrogen and oxygen atoms in total. The second kappa shape index (κ2) is 5.85. The lowest BCUT2D eigenvalue weighted by atomic mass is 10.2. The van der Waals surface area contributed by atoms with Crippen molar-refractivity contribution in [1.29, 1.82) is 5.26 Å². The average Bonchev–Trinajstić information content (AvgIpc) is 2.27. The van der Waals surface area contributed by atoms with E-state index in [-0.39, 0.29) is 5.92 Å². The fraction of sp³-hybridized carbons (Fsp3) is 0.500. The smallest absolute Gasteiger partial charge is 0.225 e. The van der Waals surface area contributed by atoms with Crippen LogP contribution in [0.5, 0.6) is 0 Å². The van der Waals surface area contributed by atoms with E-state index in [1.807, 2.05) is 18.7 Å². The van der Waals surface area contributed by atoms with Crippen molar-refractivity contribution in [2.24, 2.45) is 5.92 Å². The van der Waals surface area contributed by atoms with Gasteiger partial charge in [-0.1, -0.05) is 0 Å². The van der Waals surface area contributed by atoms with E-state index in [0.29, 0.717) is 12.5 Å². The number of halogens is 1. The SMILES string of the molecule is CCN(CC(C)C#N)c1ncc(I)cn1. The van der Waals surface area contributed by atoms with Crippen molar-refractivity contribution in [3.05, 3.63) is 16.0 Å². The first kappa shape index (κ1) is 12.2. The Kier molecular flexibility index (Phi) is 4.75. The minimum absolute atomic E-state index is 0.00664. The molecule has 5 heteroatoms. The van der Waals surface area contributed by atoms with Gasteiger partial charge >= 0.3 is 0 Å². The lowest BCUT2D eigenvalue weighted by Gasteiger charge is -2.21. The Morgan fingerprint density at radius 1 is 1.53 bits per heavy atom. The molecule has 1 rings (SSSR count). The molecule has 0 radical (unpaired) electrons. The molecule has 1 atom stereocenters. The van der Waals surface area contributed by atoms with E-state index in [9.17, 15) is 0 Å². The van der Waals surface area contributed by atoms with Crippen LogP contribution in [0.4, 0.5) is 5.95 Å². The minimum Gasteiger partial charge on any atom is -0.340 e. The first-order chi connectivity index (χ1) is 7.17. The van der Waals surface area contributed by atoms with Gasteiger partial charge in [-0.05, 0) is 36.4 Å². The number of rotatable bonds is 4. The molecular formula is C10H13IN4. The van der Waals surface area contributed by atoms with Crippen molar-refractivity contribution in [3.63, 3.8) is 0 Å². The summed E-state index contributed by atoms with van der Waals surface area (Å²) < 4.78 is 1.01. The van der Waals surface area contributed by atoms with Crippen molar-refractivity contribution in [2.75, 3.05) is 18.0 Å². The molecule has 0 aliphatic carbocycles. The molecule has 1 heterocycles. The van der Waals surface area contributed by atoms with Crippen molar-refractivity contribution < 1.29 is 0 Å². The average molecular weight is 316 g/mol. The van der Waals surface area contributed by atoms with Crippen molar-refractivity contribution in [3.8, 4) is 6.07 Å². The van der Waals surface area contributed by atoms with E-state index >= 15 is 0 Å². The van der Waals surface area contributed by atoms with Gasteiger partial charge in [-0.25, -0.2) is 9.97 Å². The van der Waals surface area contributed by atoms with Crippen LogP contribution in [0.3, 0.4) is 0 Å². The van der Waals surface area contributed by atoms with Crippen LogP contribution in [-0.2, 0) is 0 Å². The summed E-state index contributed by atoms with van der Waals surface area (Å²) in [6.45, 7) is 5.42. The van der Waals surface area contributed by atoms with E-state index in [0.717, 1.165) is 10.1 Å². The standard InChI is InChI=1S/C10H13IN4/c1-3-15(7-8(2)4-12)10-13-5-9(11)6-14-10/h5-6,8H,3,7H2,1-2H3. The van der Waals surface area contributed by atoms with Crippen LogP contribution in [0.15, 0.2) is 12.4 Å². The molecule has 80 valence electrons. The number of aromatic nitrogens is 2. The zero-order valence-electron chi connectivity index (χ0n) is 8.81. The van der Waals surface area contributed by atoms with Crippen molar-refractivity contribution in [2.45, 2.75) is 13.8 Å². The zero-order chi connectivity index (χ0) is 11.3. The van der Waals surface area contributed by atoms with Gasteiger partial charge in [0.25, 0.3) is 0 Å². The molecule has 0 saturated carbocycles. The zero-order valence-corrected chi connectivity index (χ0v) is 11.0. The molecule has 0 saturated heterocycles. The largest absolute Gasteiger partial charge is 0.340 e. The molecule has 1 unspecified atom stereocenters. The summed E-state index contributed by atoms with van der Waals surface area (Å²) in [5.74, 6) is 0.688. The Labute approximate surface area is 103 Å². The molecule has 1 aromatic heterocycles. The molecule has 1 aromatic rings. The fourth-order valence-electron chi connectivity index (χ4n) is 1.19. The lowest BCUT2D eigenvalue weighted by Crippen LogP contribution is -2.29. The highest BCUT2D eigenvalue weighted by Crippen LogP contribution is 2.10. The molecule has 0 aliphatic heterocycles. The molecule has 0 N–H and O–H groups in total. The van der Waals surface area contributed by atoms with Gasteiger partial charge in [0.05, 0.1) is 12.0 Å².